The molecule has 3 rings (SSSR count). The Balaban J connectivity index is 1.69. The summed E-state index contributed by atoms with van der Waals surface area (Å²) in [6.07, 6.45) is -5.41. The highest BCUT2D eigenvalue weighted by molar-refractivity contribution is 6.33. The van der Waals surface area contributed by atoms with Crippen molar-refractivity contribution < 1.29 is 46.6 Å². The summed E-state index contributed by atoms with van der Waals surface area (Å²) < 4.78 is 58.8. The van der Waals surface area contributed by atoms with Crippen molar-refractivity contribution in [3.63, 3.8) is 0 Å². The fourth-order valence-electron chi connectivity index (χ4n) is 3.76. The lowest BCUT2D eigenvalue weighted by Gasteiger charge is -2.19. The first-order chi connectivity index (χ1) is 20.9. The fourth-order valence-corrected chi connectivity index (χ4v) is 4.16. The summed E-state index contributed by atoms with van der Waals surface area (Å²) in [5.41, 5.74) is -2.61. The van der Waals surface area contributed by atoms with E-state index in [0.717, 1.165) is 6.07 Å². The van der Waals surface area contributed by atoms with Crippen molar-refractivity contribution in [1.29, 1.82) is 0 Å². The number of ketones is 1. The number of benzene rings is 3. The molecule has 0 aliphatic heterocycles. The second-order valence-electron chi connectivity index (χ2n) is 10.0. The maximum absolute atomic E-state index is 13.9. The van der Waals surface area contributed by atoms with Gasteiger partial charge in [-0.05, 0) is 68.4 Å². The second kappa shape index (κ2) is 14.5. The van der Waals surface area contributed by atoms with E-state index in [9.17, 15) is 36.7 Å². The van der Waals surface area contributed by atoms with Gasteiger partial charge in [-0.3, -0.25) is 19.2 Å². The Morgan fingerprint density at radius 1 is 0.933 bits per heavy atom. The highest BCUT2D eigenvalue weighted by Gasteiger charge is 2.32. The molecule has 0 atom stereocenters. The molecule has 0 aromatic heterocycles. The summed E-state index contributed by atoms with van der Waals surface area (Å²) >= 11 is 12.3. The third-order valence-corrected chi connectivity index (χ3v) is 6.36. The molecule has 236 valence electrons. The van der Waals surface area contributed by atoms with Crippen molar-refractivity contribution in [3.8, 4) is 17.6 Å². The molecule has 0 bridgehead atoms. The number of carbonyl (C=O) groups is 4. The number of hydrogen-bond donors (Lipinski definition) is 3. The average Bonchev–Trinajstić information content (AvgIpc) is 2.94. The average molecular weight is 667 g/mol. The third kappa shape index (κ3) is 10.5. The van der Waals surface area contributed by atoms with E-state index in [-0.39, 0.29) is 46.0 Å². The van der Waals surface area contributed by atoms with Crippen LogP contribution in [0.15, 0.2) is 54.6 Å². The molecular formula is C31H24Cl2F4N2O6. The van der Waals surface area contributed by atoms with Crippen LogP contribution in [0.4, 0.5) is 23.2 Å². The number of rotatable bonds is 10. The number of amides is 2. The molecule has 14 heteroatoms. The van der Waals surface area contributed by atoms with E-state index < -0.39 is 58.8 Å². The van der Waals surface area contributed by atoms with E-state index in [0.29, 0.717) is 17.7 Å². The number of anilines is 1. The Kier molecular flexibility index (Phi) is 11.2. The van der Waals surface area contributed by atoms with E-state index in [1.165, 1.54) is 24.3 Å². The lowest BCUT2D eigenvalue weighted by molar-refractivity contribution is -0.139. The molecular weight excluding hydrogens is 643 g/mol. The minimum Gasteiger partial charge on any atom is -0.483 e. The van der Waals surface area contributed by atoms with Gasteiger partial charge in [0, 0.05) is 22.6 Å². The molecule has 0 aliphatic rings. The molecule has 3 aromatic rings. The number of aliphatic carboxylic acids is 1. The molecule has 0 saturated heterocycles. The summed E-state index contributed by atoms with van der Waals surface area (Å²) in [5.74, 6) is 0.942. The number of nitrogens with one attached hydrogen (secondary N) is 2. The number of carboxylic acid groups (broad SMARTS) is 1. The van der Waals surface area contributed by atoms with Gasteiger partial charge in [-0.15, -0.1) is 0 Å². The van der Waals surface area contributed by atoms with E-state index in [2.05, 4.69) is 22.5 Å². The van der Waals surface area contributed by atoms with E-state index in [4.69, 9.17) is 33.0 Å². The SMILES string of the molecule is CC(C)(C#Cc1ccc(NC(=O)COc2ccc(Cl)cc2C(=O)c2cc(F)cc(C(F)(F)F)c2)c(Cl)c1)NC(=O)CCC(=O)O. The maximum Gasteiger partial charge on any atom is 0.416 e. The van der Waals surface area contributed by atoms with E-state index in [1.807, 2.05) is 0 Å². The number of hydrogen-bond acceptors (Lipinski definition) is 5. The smallest absolute Gasteiger partial charge is 0.416 e. The molecule has 0 unspecified atom stereocenters. The summed E-state index contributed by atoms with van der Waals surface area (Å²) in [5, 5.41) is 14.0. The highest BCUT2D eigenvalue weighted by atomic mass is 35.5. The molecule has 0 aliphatic carbocycles. The van der Waals surface area contributed by atoms with Crippen molar-refractivity contribution in [2.24, 2.45) is 0 Å². The normalized spacial score (nSPS) is 11.2. The summed E-state index contributed by atoms with van der Waals surface area (Å²) in [4.78, 5) is 48.2. The van der Waals surface area contributed by atoms with Gasteiger partial charge in [0.15, 0.2) is 12.4 Å². The largest absolute Gasteiger partial charge is 0.483 e. The molecule has 8 nitrogen and oxygen atoms in total. The van der Waals surface area contributed by atoms with Gasteiger partial charge in [-0.1, -0.05) is 35.0 Å². The second-order valence-corrected chi connectivity index (χ2v) is 10.9. The summed E-state index contributed by atoms with van der Waals surface area (Å²) in [6, 6.07) is 9.55. The topological polar surface area (TPSA) is 122 Å². The Labute approximate surface area is 264 Å². The van der Waals surface area contributed by atoms with Crippen LogP contribution in [0.1, 0.15) is 53.7 Å². The lowest BCUT2D eigenvalue weighted by Crippen LogP contribution is -2.42. The van der Waals surface area contributed by atoms with Crippen molar-refractivity contribution >= 4 is 52.5 Å². The lowest BCUT2D eigenvalue weighted by atomic mass is 10.00. The van der Waals surface area contributed by atoms with Gasteiger partial charge in [-0.2, -0.15) is 13.2 Å². The number of ether oxygens (including phenoxy) is 1. The van der Waals surface area contributed by atoms with Crippen LogP contribution in [0.3, 0.4) is 0 Å². The molecule has 3 N–H and O–H groups in total. The first-order valence-electron chi connectivity index (χ1n) is 12.9. The number of halogens is 6. The summed E-state index contributed by atoms with van der Waals surface area (Å²) in [7, 11) is 0. The van der Waals surface area contributed by atoms with Gasteiger partial charge in [0.2, 0.25) is 5.91 Å². The van der Waals surface area contributed by atoms with Crippen LogP contribution < -0.4 is 15.4 Å². The molecule has 45 heavy (non-hydrogen) atoms. The molecule has 0 saturated carbocycles. The van der Waals surface area contributed by atoms with Crippen LogP contribution in [-0.2, 0) is 20.6 Å². The predicted molar refractivity (Wildman–Crippen MR) is 158 cm³/mol. The van der Waals surface area contributed by atoms with Crippen LogP contribution >= 0.6 is 23.2 Å². The zero-order valence-corrected chi connectivity index (χ0v) is 25.1. The Hall–Kier alpha value is -4.60. The fraction of sp³-hybridized carbons (Fsp3) is 0.226. The van der Waals surface area contributed by atoms with Crippen LogP contribution in [-0.4, -0.2) is 40.8 Å². The number of carbonyl (C=O) groups excluding carboxylic acids is 3. The molecule has 0 fully saturated rings. The maximum atomic E-state index is 13.9. The monoisotopic (exact) mass is 666 g/mol. The van der Waals surface area contributed by atoms with E-state index >= 15 is 0 Å². The van der Waals surface area contributed by atoms with Gasteiger partial charge in [0.1, 0.15) is 11.6 Å². The van der Waals surface area contributed by atoms with Crippen molar-refractivity contribution in [2.45, 2.75) is 38.4 Å². The van der Waals surface area contributed by atoms with Crippen LogP contribution in [0, 0.1) is 17.7 Å². The van der Waals surface area contributed by atoms with Gasteiger partial charge < -0.3 is 20.5 Å². The van der Waals surface area contributed by atoms with Gasteiger partial charge in [0.25, 0.3) is 5.91 Å². The molecule has 0 heterocycles. The van der Waals surface area contributed by atoms with Crippen molar-refractivity contribution in [1.82, 2.24) is 5.32 Å². The van der Waals surface area contributed by atoms with Crippen LogP contribution in [0.2, 0.25) is 10.0 Å². The number of carboxylic acids is 1. The molecule has 0 spiro atoms. The number of alkyl halides is 3. The first kappa shape index (κ1) is 34.9. The minimum absolute atomic E-state index is 0.0431. The van der Waals surface area contributed by atoms with Gasteiger partial charge >= 0.3 is 12.1 Å². The van der Waals surface area contributed by atoms with Crippen molar-refractivity contribution in [2.75, 3.05) is 11.9 Å². The van der Waals surface area contributed by atoms with Gasteiger partial charge in [-0.25, -0.2) is 4.39 Å². The zero-order chi connectivity index (χ0) is 33.5. The Morgan fingerprint density at radius 3 is 2.29 bits per heavy atom. The standard InChI is InChI=1S/C31H24Cl2F4N2O6/c1-30(2,39-26(40)7-8-28(42)43)10-9-17-3-5-24(23(33)11-17)38-27(41)16-45-25-6-4-20(32)15-22(25)29(44)18-12-19(31(35,36)37)14-21(34)13-18/h3-6,11-15H,7-8,16H2,1-2H3,(H,38,41)(H,39,40)(H,42,43). The molecule has 0 radical (unpaired) electrons. The van der Waals surface area contributed by atoms with Gasteiger partial charge in [0.05, 0.1) is 33.8 Å². The molecule has 3 aromatic carbocycles. The first-order valence-corrected chi connectivity index (χ1v) is 13.7. The predicted octanol–water partition coefficient (Wildman–Crippen LogP) is 6.51. The summed E-state index contributed by atoms with van der Waals surface area (Å²) in [6.45, 7) is 2.62. The Morgan fingerprint density at radius 2 is 1.64 bits per heavy atom. The van der Waals surface area contributed by atoms with E-state index in [1.54, 1.807) is 19.9 Å². The third-order valence-electron chi connectivity index (χ3n) is 5.81. The van der Waals surface area contributed by atoms with Crippen LogP contribution in [0.5, 0.6) is 5.75 Å². The highest BCUT2D eigenvalue weighted by Crippen LogP contribution is 2.32. The zero-order valence-electron chi connectivity index (χ0n) is 23.6. The minimum atomic E-state index is -4.90. The Bertz CT molecular complexity index is 1710. The van der Waals surface area contributed by atoms with Crippen LogP contribution in [0.25, 0.3) is 0 Å². The molecule has 2 amide bonds. The quantitative estimate of drug-likeness (QED) is 0.129. The van der Waals surface area contributed by atoms with Crippen molar-refractivity contribution in [3.05, 3.63) is 92.7 Å².